The van der Waals surface area contributed by atoms with Crippen molar-refractivity contribution in [1.82, 2.24) is 14.9 Å². The molecule has 1 aromatic heterocycles. The van der Waals surface area contributed by atoms with E-state index in [2.05, 4.69) is 15.2 Å². The maximum Gasteiger partial charge on any atom is 0.158 e. The van der Waals surface area contributed by atoms with Gasteiger partial charge in [-0.3, -0.25) is 0 Å². The van der Waals surface area contributed by atoms with Gasteiger partial charge in [-0.2, -0.15) is 5.10 Å². The van der Waals surface area contributed by atoms with Crippen molar-refractivity contribution in [2.24, 2.45) is 5.10 Å². The molecular weight excluding hydrogens is 104 g/mol. The third-order valence-electron chi connectivity index (χ3n) is 1.06. The normalized spacial score (nSPS) is 14.5. The molecule has 0 aromatic carbocycles. The summed E-state index contributed by atoms with van der Waals surface area (Å²) in [6.07, 6.45) is 4.11. The van der Waals surface area contributed by atoms with Gasteiger partial charge in [0.15, 0.2) is 5.82 Å². The summed E-state index contributed by atoms with van der Waals surface area (Å²) in [5.41, 5.74) is 0. The summed E-state index contributed by atoms with van der Waals surface area (Å²) in [6, 6.07) is 0. The summed E-state index contributed by atoms with van der Waals surface area (Å²) in [4.78, 5) is 5.45. The topological polar surface area (TPSA) is 43.1 Å². The molecule has 1 aliphatic rings. The van der Waals surface area contributed by atoms with E-state index in [1.165, 1.54) is 11.1 Å². The maximum absolute atomic E-state index is 3.92. The Hall–Kier alpha value is -1.19. The maximum atomic E-state index is 3.92. The first-order valence-electron chi connectivity index (χ1n) is 2.38. The Labute approximate surface area is 45.8 Å². The van der Waals surface area contributed by atoms with Crippen LogP contribution in [0.2, 0.25) is 0 Å². The molecule has 0 bridgehead atoms. The summed E-state index contributed by atoms with van der Waals surface area (Å²) in [5.74, 6) is 0.921. The van der Waals surface area contributed by atoms with E-state index in [4.69, 9.17) is 0 Å². The zero-order chi connectivity index (χ0) is 5.40. The lowest BCUT2D eigenvalue weighted by atomic mass is 10.5. The fourth-order valence-corrected chi connectivity index (χ4v) is 0.690. The zero-order valence-corrected chi connectivity index (χ0v) is 4.15. The van der Waals surface area contributed by atoms with E-state index in [0.717, 1.165) is 12.2 Å². The minimum Gasteiger partial charge on any atom is -0.217 e. The molecule has 0 spiro atoms. The van der Waals surface area contributed by atoms with E-state index in [1.807, 2.05) is 0 Å². The second-order valence-electron chi connectivity index (χ2n) is 1.57. The van der Waals surface area contributed by atoms with Crippen molar-refractivity contribution in [3.63, 3.8) is 0 Å². The van der Waals surface area contributed by atoms with E-state index in [1.54, 1.807) is 6.21 Å². The Kier molecular flexibility index (Phi) is 0.542. The van der Waals surface area contributed by atoms with Gasteiger partial charge < -0.3 is 0 Å². The third-order valence-corrected chi connectivity index (χ3v) is 1.06. The Morgan fingerprint density at radius 3 is 3.50 bits per heavy atom. The highest BCUT2D eigenvalue weighted by Crippen LogP contribution is 1.97. The lowest BCUT2D eigenvalue weighted by molar-refractivity contribution is 0.733. The number of nitrogens with zero attached hydrogens (tertiary/aromatic N) is 4. The van der Waals surface area contributed by atoms with Gasteiger partial charge in [0, 0.05) is 12.6 Å². The van der Waals surface area contributed by atoms with E-state index < -0.39 is 0 Å². The summed E-state index contributed by atoms with van der Waals surface area (Å²) in [6.45, 7) is 0. The molecular formula is C4H4N4. The molecule has 1 aromatic rings. The molecule has 1 aliphatic heterocycles. The Balaban J connectivity index is 2.67. The first-order valence-corrected chi connectivity index (χ1v) is 2.38. The molecule has 0 atom stereocenters. The fourth-order valence-electron chi connectivity index (χ4n) is 0.690. The Bertz CT molecular complexity index is 224. The van der Waals surface area contributed by atoms with Gasteiger partial charge >= 0.3 is 0 Å². The fraction of sp³-hybridized carbons (Fsp3) is 0.250. The smallest absolute Gasteiger partial charge is 0.158 e. The SMILES string of the molecule is C1=Nn2ncnc2C1. The summed E-state index contributed by atoms with van der Waals surface area (Å²) in [7, 11) is 0. The predicted molar refractivity (Wildman–Crippen MR) is 27.6 cm³/mol. The van der Waals surface area contributed by atoms with Crippen molar-refractivity contribution < 1.29 is 0 Å². The molecule has 0 amide bonds. The van der Waals surface area contributed by atoms with Gasteiger partial charge in [-0.1, -0.05) is 0 Å². The molecule has 2 heterocycles. The minimum atomic E-state index is 0.819. The van der Waals surface area contributed by atoms with Crippen molar-refractivity contribution >= 4 is 6.21 Å². The molecule has 0 N–H and O–H groups in total. The van der Waals surface area contributed by atoms with Crippen LogP contribution in [-0.2, 0) is 6.42 Å². The van der Waals surface area contributed by atoms with Crippen LogP contribution in [0.5, 0.6) is 0 Å². The molecule has 8 heavy (non-hydrogen) atoms. The molecule has 0 saturated heterocycles. The predicted octanol–water partition coefficient (Wildman–Crippen LogP) is -0.332. The molecule has 4 heteroatoms. The highest BCUT2D eigenvalue weighted by atomic mass is 15.6. The van der Waals surface area contributed by atoms with Gasteiger partial charge in [0.1, 0.15) is 6.33 Å². The van der Waals surface area contributed by atoms with E-state index in [0.29, 0.717) is 0 Å². The van der Waals surface area contributed by atoms with Gasteiger partial charge in [0.2, 0.25) is 0 Å². The lowest BCUT2D eigenvalue weighted by Gasteiger charge is -1.81. The van der Waals surface area contributed by atoms with Crippen LogP contribution in [0, 0.1) is 0 Å². The number of aromatic nitrogens is 3. The monoisotopic (exact) mass is 108 g/mol. The highest BCUT2D eigenvalue weighted by molar-refractivity contribution is 5.61. The second kappa shape index (κ2) is 1.15. The number of hydrogen-bond acceptors (Lipinski definition) is 3. The molecule has 0 unspecified atom stereocenters. The van der Waals surface area contributed by atoms with Crippen LogP contribution < -0.4 is 0 Å². The van der Waals surface area contributed by atoms with E-state index in [9.17, 15) is 0 Å². The third kappa shape index (κ3) is 0.318. The molecule has 40 valence electrons. The standard InChI is InChI=1S/C4H4N4/c1-2-6-8-4(1)5-3-7-8/h2-3H,1H2. The van der Waals surface area contributed by atoms with E-state index >= 15 is 0 Å². The van der Waals surface area contributed by atoms with Gasteiger partial charge in [0.25, 0.3) is 0 Å². The second-order valence-corrected chi connectivity index (χ2v) is 1.57. The van der Waals surface area contributed by atoms with Crippen molar-refractivity contribution in [3.05, 3.63) is 12.2 Å². The van der Waals surface area contributed by atoms with Crippen LogP contribution in [0.3, 0.4) is 0 Å². The van der Waals surface area contributed by atoms with Crippen molar-refractivity contribution in [3.8, 4) is 0 Å². The first-order chi connectivity index (χ1) is 3.97. The molecule has 0 saturated carbocycles. The van der Waals surface area contributed by atoms with Gasteiger partial charge in [-0.15, -0.1) is 9.89 Å². The number of hydrogen-bond donors (Lipinski definition) is 0. The summed E-state index contributed by atoms with van der Waals surface area (Å²) in [5, 5.41) is 7.68. The average molecular weight is 108 g/mol. The molecule has 2 rings (SSSR count). The van der Waals surface area contributed by atoms with Crippen LogP contribution in [0.25, 0.3) is 0 Å². The average Bonchev–Trinajstić information content (AvgIpc) is 2.15. The van der Waals surface area contributed by atoms with Crippen LogP contribution in [0.4, 0.5) is 0 Å². The van der Waals surface area contributed by atoms with Crippen LogP contribution in [0.1, 0.15) is 5.82 Å². The quantitative estimate of drug-likeness (QED) is 0.456. The minimum absolute atomic E-state index is 0.819. The van der Waals surface area contributed by atoms with E-state index in [-0.39, 0.29) is 0 Å². The first kappa shape index (κ1) is 3.77. The molecule has 0 radical (unpaired) electrons. The van der Waals surface area contributed by atoms with Gasteiger partial charge in [-0.05, 0) is 0 Å². The number of rotatable bonds is 0. The van der Waals surface area contributed by atoms with Crippen LogP contribution >= 0.6 is 0 Å². The Morgan fingerprint density at radius 1 is 1.62 bits per heavy atom. The van der Waals surface area contributed by atoms with Crippen LogP contribution in [-0.4, -0.2) is 21.1 Å². The summed E-state index contributed by atoms with van der Waals surface area (Å²) < 4.78 is 0. The number of fused-ring (bicyclic) bond motifs is 1. The van der Waals surface area contributed by atoms with Gasteiger partial charge in [-0.25, -0.2) is 4.98 Å². The molecule has 0 aliphatic carbocycles. The van der Waals surface area contributed by atoms with Crippen molar-refractivity contribution in [1.29, 1.82) is 0 Å². The molecule has 4 nitrogen and oxygen atoms in total. The highest BCUT2D eigenvalue weighted by Gasteiger charge is 2.04. The van der Waals surface area contributed by atoms with Crippen molar-refractivity contribution in [2.45, 2.75) is 6.42 Å². The molecule has 0 fully saturated rings. The Morgan fingerprint density at radius 2 is 2.62 bits per heavy atom. The lowest BCUT2D eigenvalue weighted by Crippen LogP contribution is -1.88. The van der Waals surface area contributed by atoms with Crippen molar-refractivity contribution in [2.75, 3.05) is 0 Å². The largest absolute Gasteiger partial charge is 0.217 e. The van der Waals surface area contributed by atoms with Gasteiger partial charge in [0.05, 0.1) is 0 Å². The summed E-state index contributed by atoms with van der Waals surface area (Å²) >= 11 is 0. The van der Waals surface area contributed by atoms with Crippen LogP contribution in [0.15, 0.2) is 11.4 Å². The zero-order valence-electron chi connectivity index (χ0n) is 4.15.